The van der Waals surface area contributed by atoms with Crippen molar-refractivity contribution >= 4 is 11.7 Å². The van der Waals surface area contributed by atoms with Crippen LogP contribution in [-0.4, -0.2) is 19.1 Å². The van der Waals surface area contributed by atoms with Crippen LogP contribution >= 0.6 is 0 Å². The van der Waals surface area contributed by atoms with Gasteiger partial charge in [-0.25, -0.2) is 4.79 Å². The van der Waals surface area contributed by atoms with Crippen LogP contribution in [0.5, 0.6) is 0 Å². The maximum absolute atomic E-state index is 11.4. The molecule has 0 radical (unpaired) electrons. The number of hydrogen-bond acceptors (Lipinski definition) is 3. The fraction of sp³-hybridized carbons (Fsp3) is 0.364. The van der Waals surface area contributed by atoms with E-state index in [0.717, 1.165) is 18.7 Å². The molecule has 0 aliphatic carbocycles. The van der Waals surface area contributed by atoms with E-state index in [1.165, 1.54) is 5.56 Å². The number of nitrogens with one attached hydrogen (secondary N) is 1. The Morgan fingerprint density at radius 2 is 2.43 bits per heavy atom. The van der Waals surface area contributed by atoms with Crippen molar-refractivity contribution in [3.63, 3.8) is 0 Å². The average Bonchev–Trinajstić information content (AvgIpc) is 2.64. The molecule has 1 aromatic rings. The van der Waals surface area contributed by atoms with Crippen LogP contribution in [0.15, 0.2) is 18.2 Å². The molecule has 2 rings (SSSR count). The summed E-state index contributed by atoms with van der Waals surface area (Å²) in [6.07, 6.45) is 1.04. The molecule has 0 bridgehead atoms. The second-order valence-electron chi connectivity index (χ2n) is 3.27. The Labute approximate surface area is 83.1 Å². The van der Waals surface area contributed by atoms with Crippen LogP contribution in [0.2, 0.25) is 0 Å². The quantitative estimate of drug-likeness (QED) is 0.725. The molecule has 0 saturated heterocycles. The maximum atomic E-state index is 11.4. The largest absolute Gasteiger partial charge is 0.462 e. The van der Waals surface area contributed by atoms with Crippen molar-refractivity contribution in [2.24, 2.45) is 0 Å². The van der Waals surface area contributed by atoms with Gasteiger partial charge in [-0.1, -0.05) is 6.07 Å². The van der Waals surface area contributed by atoms with Crippen LogP contribution in [-0.2, 0) is 11.2 Å². The van der Waals surface area contributed by atoms with E-state index < -0.39 is 0 Å². The number of hydrogen-bond donors (Lipinski definition) is 1. The highest BCUT2D eigenvalue weighted by Crippen LogP contribution is 2.23. The van der Waals surface area contributed by atoms with Crippen molar-refractivity contribution in [1.82, 2.24) is 0 Å². The summed E-state index contributed by atoms with van der Waals surface area (Å²) in [5.41, 5.74) is 2.97. The van der Waals surface area contributed by atoms with Gasteiger partial charge in [0.15, 0.2) is 0 Å². The molecular weight excluding hydrogens is 178 g/mol. The van der Waals surface area contributed by atoms with E-state index in [-0.39, 0.29) is 5.97 Å². The zero-order chi connectivity index (χ0) is 9.97. The van der Waals surface area contributed by atoms with Gasteiger partial charge in [0, 0.05) is 12.2 Å². The molecule has 1 aromatic carbocycles. The Balaban J connectivity index is 2.24. The van der Waals surface area contributed by atoms with Gasteiger partial charge >= 0.3 is 5.97 Å². The van der Waals surface area contributed by atoms with Gasteiger partial charge in [-0.15, -0.1) is 0 Å². The monoisotopic (exact) mass is 191 g/mol. The second kappa shape index (κ2) is 3.70. The zero-order valence-corrected chi connectivity index (χ0v) is 8.17. The standard InChI is InChI=1S/C11H13NO2/c1-2-14-11(13)9-4-3-8-5-6-12-10(8)7-9/h3-4,7,12H,2,5-6H2,1H3. The third-order valence-electron chi connectivity index (χ3n) is 2.33. The van der Waals surface area contributed by atoms with Gasteiger partial charge < -0.3 is 10.1 Å². The lowest BCUT2D eigenvalue weighted by atomic mass is 10.1. The van der Waals surface area contributed by atoms with Crippen LogP contribution in [0.3, 0.4) is 0 Å². The molecule has 0 saturated carbocycles. The Kier molecular flexibility index (Phi) is 2.39. The third-order valence-corrected chi connectivity index (χ3v) is 2.33. The van der Waals surface area contributed by atoms with Crippen LogP contribution in [0.25, 0.3) is 0 Å². The minimum atomic E-state index is -0.246. The van der Waals surface area contributed by atoms with E-state index in [1.807, 2.05) is 25.1 Å². The van der Waals surface area contributed by atoms with E-state index >= 15 is 0 Å². The van der Waals surface area contributed by atoms with E-state index in [4.69, 9.17) is 4.74 Å². The Morgan fingerprint density at radius 3 is 3.21 bits per heavy atom. The van der Waals surface area contributed by atoms with E-state index in [9.17, 15) is 4.79 Å². The zero-order valence-electron chi connectivity index (χ0n) is 8.17. The van der Waals surface area contributed by atoms with Crippen molar-refractivity contribution in [1.29, 1.82) is 0 Å². The molecule has 0 fully saturated rings. The van der Waals surface area contributed by atoms with Gasteiger partial charge in [0.05, 0.1) is 12.2 Å². The molecule has 1 heterocycles. The van der Waals surface area contributed by atoms with E-state index in [1.54, 1.807) is 0 Å². The summed E-state index contributed by atoms with van der Waals surface area (Å²) in [5, 5.41) is 3.23. The molecule has 14 heavy (non-hydrogen) atoms. The summed E-state index contributed by atoms with van der Waals surface area (Å²) in [7, 11) is 0. The fourth-order valence-electron chi connectivity index (χ4n) is 1.63. The van der Waals surface area contributed by atoms with Crippen molar-refractivity contribution in [2.75, 3.05) is 18.5 Å². The normalized spacial score (nSPS) is 13.2. The summed E-state index contributed by atoms with van der Waals surface area (Å²) in [5.74, 6) is -0.246. The van der Waals surface area contributed by atoms with Crippen molar-refractivity contribution < 1.29 is 9.53 Å². The first-order valence-corrected chi connectivity index (χ1v) is 4.85. The van der Waals surface area contributed by atoms with Crippen LogP contribution < -0.4 is 5.32 Å². The maximum Gasteiger partial charge on any atom is 0.338 e. The third kappa shape index (κ3) is 1.58. The first kappa shape index (κ1) is 9.06. The average molecular weight is 191 g/mol. The molecule has 1 N–H and O–H groups in total. The lowest BCUT2D eigenvalue weighted by molar-refractivity contribution is 0.0526. The van der Waals surface area contributed by atoms with Gasteiger partial charge in [-0.2, -0.15) is 0 Å². The summed E-state index contributed by atoms with van der Waals surface area (Å²) in [4.78, 5) is 11.4. The Morgan fingerprint density at radius 1 is 1.57 bits per heavy atom. The molecule has 74 valence electrons. The number of ether oxygens (including phenoxy) is 1. The van der Waals surface area contributed by atoms with Crippen LogP contribution in [0.1, 0.15) is 22.8 Å². The lowest BCUT2D eigenvalue weighted by Crippen LogP contribution is -2.04. The van der Waals surface area contributed by atoms with Crippen molar-refractivity contribution in [2.45, 2.75) is 13.3 Å². The molecular formula is C11H13NO2. The van der Waals surface area contributed by atoms with Crippen LogP contribution in [0, 0.1) is 0 Å². The van der Waals surface area contributed by atoms with Gasteiger partial charge in [0.2, 0.25) is 0 Å². The number of carbonyl (C=O) groups excluding carboxylic acids is 1. The minimum Gasteiger partial charge on any atom is -0.462 e. The van der Waals surface area contributed by atoms with Crippen molar-refractivity contribution in [3.05, 3.63) is 29.3 Å². The SMILES string of the molecule is CCOC(=O)c1ccc2c(c1)NCC2. The van der Waals surface area contributed by atoms with E-state index in [0.29, 0.717) is 12.2 Å². The highest BCUT2D eigenvalue weighted by molar-refractivity contribution is 5.91. The van der Waals surface area contributed by atoms with Gasteiger partial charge in [-0.3, -0.25) is 0 Å². The predicted molar refractivity (Wildman–Crippen MR) is 54.6 cm³/mol. The highest BCUT2D eigenvalue weighted by Gasteiger charge is 2.13. The highest BCUT2D eigenvalue weighted by atomic mass is 16.5. The Hall–Kier alpha value is -1.51. The summed E-state index contributed by atoms with van der Waals surface area (Å²) < 4.78 is 4.92. The van der Waals surface area contributed by atoms with Crippen LogP contribution in [0.4, 0.5) is 5.69 Å². The Bertz CT molecular complexity index is 360. The molecule has 0 aromatic heterocycles. The molecule has 3 heteroatoms. The molecule has 3 nitrogen and oxygen atoms in total. The first-order chi connectivity index (χ1) is 6.81. The summed E-state index contributed by atoms with van der Waals surface area (Å²) in [6, 6.07) is 5.67. The molecule has 0 atom stereocenters. The second-order valence-corrected chi connectivity index (χ2v) is 3.27. The molecule has 0 spiro atoms. The van der Waals surface area contributed by atoms with Gasteiger partial charge in [-0.05, 0) is 31.0 Å². The molecule has 0 unspecified atom stereocenters. The molecule has 1 aliphatic heterocycles. The number of esters is 1. The summed E-state index contributed by atoms with van der Waals surface area (Å²) in [6.45, 7) is 3.19. The molecule has 1 aliphatic rings. The number of benzene rings is 1. The van der Waals surface area contributed by atoms with Gasteiger partial charge in [0.25, 0.3) is 0 Å². The summed E-state index contributed by atoms with van der Waals surface area (Å²) >= 11 is 0. The topological polar surface area (TPSA) is 38.3 Å². The first-order valence-electron chi connectivity index (χ1n) is 4.85. The number of anilines is 1. The number of rotatable bonds is 2. The fourth-order valence-corrected chi connectivity index (χ4v) is 1.63. The van der Waals surface area contributed by atoms with Gasteiger partial charge in [0.1, 0.15) is 0 Å². The number of carbonyl (C=O) groups is 1. The molecule has 0 amide bonds. The van der Waals surface area contributed by atoms with E-state index in [2.05, 4.69) is 5.32 Å². The lowest BCUT2D eigenvalue weighted by Gasteiger charge is -2.04. The predicted octanol–water partition coefficient (Wildman–Crippen LogP) is 1.83. The minimum absolute atomic E-state index is 0.246. The number of fused-ring (bicyclic) bond motifs is 1. The smallest absolute Gasteiger partial charge is 0.338 e. The van der Waals surface area contributed by atoms with Crippen molar-refractivity contribution in [3.8, 4) is 0 Å².